The molecule has 3 aromatic rings. The lowest BCUT2D eigenvalue weighted by Crippen LogP contribution is -2.39. The van der Waals surface area contributed by atoms with Gasteiger partial charge in [0, 0.05) is 25.2 Å². The summed E-state index contributed by atoms with van der Waals surface area (Å²) >= 11 is 0. The number of H-pyrrole nitrogens is 2. The van der Waals surface area contributed by atoms with Gasteiger partial charge in [0.2, 0.25) is 10.0 Å². The monoisotopic (exact) mass is 331 g/mol. The summed E-state index contributed by atoms with van der Waals surface area (Å²) < 4.78 is 26.8. The zero-order valence-electron chi connectivity index (χ0n) is 12.4. The van der Waals surface area contributed by atoms with E-state index < -0.39 is 10.0 Å². The molecule has 0 unspecified atom stereocenters. The lowest BCUT2D eigenvalue weighted by Gasteiger charge is -2.30. The molecule has 4 rings (SSSR count). The van der Waals surface area contributed by atoms with Crippen LogP contribution in [-0.4, -0.2) is 46.0 Å². The lowest BCUT2D eigenvalue weighted by atomic mass is 9.99. The molecule has 120 valence electrons. The maximum absolute atomic E-state index is 12.6. The zero-order valence-corrected chi connectivity index (χ0v) is 13.3. The number of aromatic nitrogens is 4. The molecule has 0 aliphatic carbocycles. The van der Waals surface area contributed by atoms with E-state index in [0.29, 0.717) is 13.1 Å². The molecule has 1 aliphatic heterocycles. The van der Waals surface area contributed by atoms with Crippen LogP contribution < -0.4 is 0 Å². The van der Waals surface area contributed by atoms with Crippen LogP contribution in [0.3, 0.4) is 0 Å². The van der Waals surface area contributed by atoms with E-state index in [-0.39, 0.29) is 10.8 Å². The van der Waals surface area contributed by atoms with Crippen molar-refractivity contribution in [3.63, 3.8) is 0 Å². The van der Waals surface area contributed by atoms with Gasteiger partial charge >= 0.3 is 0 Å². The molecule has 3 heterocycles. The van der Waals surface area contributed by atoms with Crippen LogP contribution >= 0.6 is 0 Å². The number of nitrogens with one attached hydrogen (secondary N) is 2. The number of para-hydroxylation sites is 2. The van der Waals surface area contributed by atoms with E-state index in [9.17, 15) is 8.42 Å². The number of fused-ring (bicyclic) bond motifs is 1. The van der Waals surface area contributed by atoms with Crippen LogP contribution in [0.1, 0.15) is 24.6 Å². The zero-order chi connectivity index (χ0) is 15.9. The van der Waals surface area contributed by atoms with E-state index in [1.165, 1.54) is 16.7 Å². The van der Waals surface area contributed by atoms with Crippen molar-refractivity contribution >= 4 is 21.1 Å². The normalized spacial score (nSPS) is 20.1. The number of rotatable bonds is 3. The fourth-order valence-electron chi connectivity index (χ4n) is 3.08. The standard InChI is InChI=1S/C15H17N5O2S/c21-23(22,12-8-16-17-9-12)20-7-3-4-11(10-20)15-18-13-5-1-2-6-14(13)19-15/h1-2,5-6,8-9,11H,3-4,7,10H2,(H,16,17)(H,18,19)/t11-/m0/s1. The Morgan fingerprint density at radius 1 is 1.26 bits per heavy atom. The summed E-state index contributed by atoms with van der Waals surface area (Å²) in [5.41, 5.74) is 1.90. The van der Waals surface area contributed by atoms with Crippen LogP contribution in [0, 0.1) is 0 Å². The molecule has 0 saturated carbocycles. The second kappa shape index (κ2) is 5.47. The summed E-state index contributed by atoms with van der Waals surface area (Å²) in [6, 6.07) is 7.84. The van der Waals surface area contributed by atoms with Crippen molar-refractivity contribution < 1.29 is 8.42 Å². The second-order valence-electron chi connectivity index (χ2n) is 5.78. The minimum absolute atomic E-state index is 0.0813. The molecule has 0 spiro atoms. The third-order valence-corrected chi connectivity index (χ3v) is 6.12. The summed E-state index contributed by atoms with van der Waals surface area (Å²) in [4.78, 5) is 8.15. The predicted octanol–water partition coefficient (Wildman–Crippen LogP) is 1.85. The fraction of sp³-hybridized carbons (Fsp3) is 0.333. The van der Waals surface area contributed by atoms with Gasteiger partial charge in [0.15, 0.2) is 0 Å². The van der Waals surface area contributed by atoms with Gasteiger partial charge in [-0.1, -0.05) is 12.1 Å². The van der Waals surface area contributed by atoms with Crippen molar-refractivity contribution in [2.24, 2.45) is 0 Å². The average molecular weight is 331 g/mol. The van der Waals surface area contributed by atoms with Gasteiger partial charge in [-0.2, -0.15) is 9.40 Å². The van der Waals surface area contributed by atoms with Gasteiger partial charge in [0.1, 0.15) is 10.7 Å². The molecule has 1 aliphatic rings. The van der Waals surface area contributed by atoms with Gasteiger partial charge in [-0.3, -0.25) is 5.10 Å². The summed E-state index contributed by atoms with van der Waals surface area (Å²) in [5.74, 6) is 0.941. The summed E-state index contributed by atoms with van der Waals surface area (Å²) in [6.07, 6.45) is 4.51. The number of piperidine rings is 1. The van der Waals surface area contributed by atoms with Gasteiger partial charge < -0.3 is 4.98 Å². The Kier molecular flexibility index (Phi) is 3.42. The molecule has 1 aromatic carbocycles. The van der Waals surface area contributed by atoms with E-state index in [1.807, 2.05) is 24.3 Å². The molecular formula is C15H17N5O2S. The Hall–Kier alpha value is -2.19. The molecule has 1 atom stereocenters. The second-order valence-corrected chi connectivity index (χ2v) is 7.71. The number of sulfonamides is 1. The summed E-state index contributed by atoms with van der Waals surface area (Å²) in [5, 5.41) is 6.30. The van der Waals surface area contributed by atoms with Crippen molar-refractivity contribution in [2.45, 2.75) is 23.7 Å². The highest BCUT2D eigenvalue weighted by atomic mass is 32.2. The van der Waals surface area contributed by atoms with E-state index >= 15 is 0 Å². The van der Waals surface area contributed by atoms with E-state index in [2.05, 4.69) is 20.2 Å². The van der Waals surface area contributed by atoms with Crippen molar-refractivity contribution in [3.05, 3.63) is 42.5 Å². The molecule has 2 aromatic heterocycles. The predicted molar refractivity (Wildman–Crippen MR) is 85.4 cm³/mol. The van der Waals surface area contributed by atoms with Crippen LogP contribution in [0.25, 0.3) is 11.0 Å². The number of aromatic amines is 2. The molecular weight excluding hydrogens is 314 g/mol. The first-order chi connectivity index (χ1) is 11.1. The quantitative estimate of drug-likeness (QED) is 0.766. The van der Waals surface area contributed by atoms with Crippen LogP contribution in [0.5, 0.6) is 0 Å². The van der Waals surface area contributed by atoms with Crippen LogP contribution in [0.4, 0.5) is 0 Å². The first kappa shape index (κ1) is 14.4. The first-order valence-electron chi connectivity index (χ1n) is 7.58. The molecule has 1 saturated heterocycles. The summed E-state index contributed by atoms with van der Waals surface area (Å²) in [6.45, 7) is 0.970. The largest absolute Gasteiger partial charge is 0.342 e. The minimum atomic E-state index is -3.49. The van der Waals surface area contributed by atoms with Crippen LogP contribution in [0.2, 0.25) is 0 Å². The Morgan fingerprint density at radius 2 is 2.13 bits per heavy atom. The Morgan fingerprint density at radius 3 is 2.91 bits per heavy atom. The van der Waals surface area contributed by atoms with Crippen molar-refractivity contribution in [2.75, 3.05) is 13.1 Å². The van der Waals surface area contributed by atoms with Gasteiger partial charge in [-0.05, 0) is 25.0 Å². The first-order valence-corrected chi connectivity index (χ1v) is 9.02. The molecule has 0 radical (unpaired) electrons. The van der Waals surface area contributed by atoms with E-state index in [1.54, 1.807) is 0 Å². The van der Waals surface area contributed by atoms with Crippen molar-refractivity contribution in [1.29, 1.82) is 0 Å². The minimum Gasteiger partial charge on any atom is -0.342 e. The van der Waals surface area contributed by atoms with Crippen molar-refractivity contribution in [1.82, 2.24) is 24.5 Å². The third-order valence-electron chi connectivity index (χ3n) is 4.29. The Bertz CT molecular complexity index is 883. The van der Waals surface area contributed by atoms with Gasteiger partial charge in [-0.25, -0.2) is 13.4 Å². The third kappa shape index (κ3) is 2.53. The molecule has 23 heavy (non-hydrogen) atoms. The maximum Gasteiger partial charge on any atom is 0.246 e. The van der Waals surface area contributed by atoms with Gasteiger partial charge in [0.25, 0.3) is 0 Å². The Balaban J connectivity index is 1.62. The fourth-order valence-corrected chi connectivity index (χ4v) is 4.51. The molecule has 2 N–H and O–H groups in total. The maximum atomic E-state index is 12.6. The molecule has 1 fully saturated rings. The molecule has 0 bridgehead atoms. The SMILES string of the molecule is O=S(=O)(c1cn[nH]c1)N1CCC[C@H](c2nc3ccccc3[nH]2)C1. The number of hydrogen-bond acceptors (Lipinski definition) is 4. The number of benzene rings is 1. The topological polar surface area (TPSA) is 94.7 Å². The molecule has 7 nitrogen and oxygen atoms in total. The van der Waals surface area contributed by atoms with E-state index in [4.69, 9.17) is 0 Å². The average Bonchev–Trinajstić information content (AvgIpc) is 3.24. The molecule has 0 amide bonds. The highest BCUT2D eigenvalue weighted by Gasteiger charge is 2.32. The van der Waals surface area contributed by atoms with E-state index in [0.717, 1.165) is 29.7 Å². The number of nitrogens with zero attached hydrogens (tertiary/aromatic N) is 3. The Labute approximate surface area is 133 Å². The number of hydrogen-bond donors (Lipinski definition) is 2. The van der Waals surface area contributed by atoms with Crippen LogP contribution in [-0.2, 0) is 10.0 Å². The van der Waals surface area contributed by atoms with Gasteiger partial charge in [-0.15, -0.1) is 0 Å². The number of imidazole rings is 1. The smallest absolute Gasteiger partial charge is 0.246 e. The highest BCUT2D eigenvalue weighted by Crippen LogP contribution is 2.29. The van der Waals surface area contributed by atoms with Crippen molar-refractivity contribution in [3.8, 4) is 0 Å². The lowest BCUT2D eigenvalue weighted by molar-refractivity contribution is 0.310. The van der Waals surface area contributed by atoms with Gasteiger partial charge in [0.05, 0.1) is 17.2 Å². The highest BCUT2D eigenvalue weighted by molar-refractivity contribution is 7.89. The molecule has 8 heteroatoms. The van der Waals surface area contributed by atoms with Crippen LogP contribution in [0.15, 0.2) is 41.6 Å². The summed E-state index contributed by atoms with van der Waals surface area (Å²) in [7, 11) is -3.49.